The van der Waals surface area contributed by atoms with Gasteiger partial charge in [0.1, 0.15) is 5.82 Å². The maximum Gasteiger partial charge on any atom is 0.491 e. The first-order valence-electron chi connectivity index (χ1n) is 6.58. The van der Waals surface area contributed by atoms with E-state index in [1.807, 2.05) is 11.9 Å². The van der Waals surface area contributed by atoms with Gasteiger partial charge in [-0.15, -0.1) is 0 Å². The molecule has 0 saturated carbocycles. The number of piperazine rings is 1. The van der Waals surface area contributed by atoms with Gasteiger partial charge in [-0.1, -0.05) is 0 Å². The van der Waals surface area contributed by atoms with E-state index in [2.05, 4.69) is 0 Å². The van der Waals surface area contributed by atoms with E-state index in [1.165, 1.54) is 11.2 Å². The molecule has 9 heteroatoms. The summed E-state index contributed by atoms with van der Waals surface area (Å²) in [4.78, 5) is 1.93. The van der Waals surface area contributed by atoms with Crippen LogP contribution in [-0.2, 0) is 10.0 Å². The number of hydrogen-bond donors (Lipinski definition) is 2. The fraction of sp³-hybridized carbons (Fsp3) is 0.500. The van der Waals surface area contributed by atoms with Crippen LogP contribution in [0, 0.1) is 12.7 Å². The Morgan fingerprint density at radius 3 is 2.29 bits per heavy atom. The summed E-state index contributed by atoms with van der Waals surface area (Å²) in [5, 5.41) is 18.3. The van der Waals surface area contributed by atoms with E-state index in [-0.39, 0.29) is 10.5 Å². The highest BCUT2D eigenvalue weighted by Gasteiger charge is 2.30. The van der Waals surface area contributed by atoms with Gasteiger partial charge in [0.2, 0.25) is 10.0 Å². The zero-order valence-electron chi connectivity index (χ0n) is 12.0. The van der Waals surface area contributed by atoms with Crippen molar-refractivity contribution in [3.05, 3.63) is 23.5 Å². The molecule has 2 rings (SSSR count). The molecule has 1 fully saturated rings. The molecule has 0 unspecified atom stereocenters. The van der Waals surface area contributed by atoms with Gasteiger partial charge in [0, 0.05) is 31.6 Å². The lowest BCUT2D eigenvalue weighted by atomic mass is 9.79. The molecule has 0 amide bonds. The van der Waals surface area contributed by atoms with Gasteiger partial charge in [0.25, 0.3) is 0 Å². The molecule has 1 heterocycles. The van der Waals surface area contributed by atoms with Crippen molar-refractivity contribution in [2.75, 3.05) is 33.2 Å². The molecule has 0 spiro atoms. The Bertz CT molecular complexity index is 630. The van der Waals surface area contributed by atoms with Crippen molar-refractivity contribution in [1.29, 1.82) is 0 Å². The highest BCUT2D eigenvalue weighted by Crippen LogP contribution is 2.21. The second-order valence-electron chi connectivity index (χ2n) is 5.22. The summed E-state index contributed by atoms with van der Waals surface area (Å²) in [6.07, 6.45) is 0. The van der Waals surface area contributed by atoms with Gasteiger partial charge < -0.3 is 14.9 Å². The SMILES string of the molecule is Cc1cc(F)c(B(O)O)cc1S(=O)(=O)N1CCN(C)CC1. The van der Waals surface area contributed by atoms with Crippen molar-refractivity contribution in [3.63, 3.8) is 0 Å². The van der Waals surface area contributed by atoms with E-state index in [1.54, 1.807) is 0 Å². The van der Waals surface area contributed by atoms with Crippen molar-refractivity contribution in [2.24, 2.45) is 0 Å². The van der Waals surface area contributed by atoms with Gasteiger partial charge in [-0.3, -0.25) is 0 Å². The van der Waals surface area contributed by atoms with Crippen LogP contribution in [0.5, 0.6) is 0 Å². The molecule has 1 aliphatic heterocycles. The number of benzene rings is 1. The number of nitrogens with zero attached hydrogens (tertiary/aromatic N) is 2. The molecule has 1 aromatic rings. The van der Waals surface area contributed by atoms with Crippen molar-refractivity contribution in [1.82, 2.24) is 9.21 Å². The fourth-order valence-corrected chi connectivity index (χ4v) is 3.98. The lowest BCUT2D eigenvalue weighted by Gasteiger charge is -2.32. The quantitative estimate of drug-likeness (QED) is 0.681. The third-order valence-corrected chi connectivity index (χ3v) is 5.69. The Hall–Kier alpha value is -0.995. The monoisotopic (exact) mass is 316 g/mol. The third-order valence-electron chi connectivity index (χ3n) is 3.65. The lowest BCUT2D eigenvalue weighted by Crippen LogP contribution is -2.47. The minimum Gasteiger partial charge on any atom is -0.423 e. The second-order valence-corrected chi connectivity index (χ2v) is 7.13. The molecule has 0 aliphatic carbocycles. The molecule has 1 aliphatic rings. The van der Waals surface area contributed by atoms with E-state index in [0.717, 1.165) is 12.1 Å². The maximum absolute atomic E-state index is 13.6. The number of halogens is 1. The van der Waals surface area contributed by atoms with E-state index in [0.29, 0.717) is 26.2 Å². The Kier molecular flexibility index (Phi) is 4.69. The van der Waals surface area contributed by atoms with Crippen LogP contribution in [-0.4, -0.2) is 68.0 Å². The summed E-state index contributed by atoms with van der Waals surface area (Å²) < 4.78 is 40.2. The minimum atomic E-state index is -3.77. The highest BCUT2D eigenvalue weighted by molar-refractivity contribution is 7.89. The molecule has 1 aromatic carbocycles. The number of rotatable bonds is 3. The average molecular weight is 316 g/mol. The Balaban J connectivity index is 2.42. The molecule has 0 atom stereocenters. The average Bonchev–Trinajstić information content (AvgIpc) is 2.38. The van der Waals surface area contributed by atoms with Crippen LogP contribution in [0.25, 0.3) is 0 Å². The smallest absolute Gasteiger partial charge is 0.423 e. The van der Waals surface area contributed by atoms with Crippen LogP contribution < -0.4 is 5.46 Å². The lowest BCUT2D eigenvalue weighted by molar-refractivity contribution is 0.222. The first-order chi connectivity index (χ1) is 9.73. The molecule has 1 saturated heterocycles. The molecular weight excluding hydrogens is 298 g/mol. The Morgan fingerprint density at radius 1 is 1.19 bits per heavy atom. The van der Waals surface area contributed by atoms with Crippen molar-refractivity contribution in [2.45, 2.75) is 11.8 Å². The van der Waals surface area contributed by atoms with Gasteiger partial charge in [0.05, 0.1) is 4.90 Å². The van der Waals surface area contributed by atoms with Crippen molar-refractivity contribution in [3.8, 4) is 0 Å². The first kappa shape index (κ1) is 16.4. The van der Waals surface area contributed by atoms with E-state index < -0.39 is 28.4 Å². The third kappa shape index (κ3) is 3.27. The molecule has 0 bridgehead atoms. The van der Waals surface area contributed by atoms with Crippen LogP contribution in [0.2, 0.25) is 0 Å². The molecule has 6 nitrogen and oxygen atoms in total. The summed E-state index contributed by atoms with van der Waals surface area (Å²) in [7, 11) is -3.91. The van der Waals surface area contributed by atoms with Crippen LogP contribution in [0.3, 0.4) is 0 Å². The summed E-state index contributed by atoms with van der Waals surface area (Å²) in [5.41, 5.74) is -0.191. The van der Waals surface area contributed by atoms with E-state index in [9.17, 15) is 12.8 Å². The standard InChI is InChI=1S/C12H18BFN2O4S/c1-9-7-11(14)10(13(17)18)8-12(9)21(19,20)16-5-3-15(2)4-6-16/h7-8,17-18H,3-6H2,1-2H3. The number of hydrogen-bond acceptors (Lipinski definition) is 5. The van der Waals surface area contributed by atoms with Crippen LogP contribution in [0.1, 0.15) is 5.56 Å². The Morgan fingerprint density at radius 2 is 1.76 bits per heavy atom. The number of sulfonamides is 1. The minimum absolute atomic E-state index is 0.0865. The number of likely N-dealkylation sites (N-methyl/N-ethyl adjacent to an activating group) is 1. The van der Waals surface area contributed by atoms with E-state index >= 15 is 0 Å². The molecule has 21 heavy (non-hydrogen) atoms. The van der Waals surface area contributed by atoms with Crippen molar-refractivity contribution >= 4 is 22.6 Å². The van der Waals surface area contributed by atoms with Gasteiger partial charge >= 0.3 is 7.12 Å². The zero-order chi connectivity index (χ0) is 15.8. The van der Waals surface area contributed by atoms with Gasteiger partial charge in [0.15, 0.2) is 0 Å². The molecule has 0 aromatic heterocycles. The van der Waals surface area contributed by atoms with Gasteiger partial charge in [-0.25, -0.2) is 12.8 Å². The van der Waals surface area contributed by atoms with Crippen LogP contribution in [0.4, 0.5) is 4.39 Å². The largest absolute Gasteiger partial charge is 0.491 e. The zero-order valence-corrected chi connectivity index (χ0v) is 12.8. The molecule has 0 radical (unpaired) electrons. The fourth-order valence-electron chi connectivity index (χ4n) is 2.31. The first-order valence-corrected chi connectivity index (χ1v) is 8.02. The second kappa shape index (κ2) is 6.01. The topological polar surface area (TPSA) is 81.1 Å². The summed E-state index contributed by atoms with van der Waals surface area (Å²) >= 11 is 0. The van der Waals surface area contributed by atoms with Crippen LogP contribution in [0.15, 0.2) is 17.0 Å². The predicted molar refractivity (Wildman–Crippen MR) is 77.2 cm³/mol. The maximum atomic E-state index is 13.6. The summed E-state index contributed by atoms with van der Waals surface area (Å²) in [5.74, 6) is -0.833. The van der Waals surface area contributed by atoms with Crippen molar-refractivity contribution < 1.29 is 22.9 Å². The molecule has 2 N–H and O–H groups in total. The summed E-state index contributed by atoms with van der Waals surface area (Å²) in [6, 6.07) is 2.01. The molecular formula is C12H18BFN2O4S. The van der Waals surface area contributed by atoms with Gasteiger partial charge in [-0.2, -0.15) is 4.31 Å². The van der Waals surface area contributed by atoms with Crippen LogP contribution >= 0.6 is 0 Å². The Labute approximate surface area is 124 Å². The highest BCUT2D eigenvalue weighted by atomic mass is 32.2. The number of aryl methyl sites for hydroxylation is 1. The van der Waals surface area contributed by atoms with E-state index in [4.69, 9.17) is 10.0 Å². The molecule has 116 valence electrons. The van der Waals surface area contributed by atoms with Gasteiger partial charge in [-0.05, 0) is 31.7 Å². The normalized spacial score (nSPS) is 18.0. The predicted octanol–water partition coefficient (Wildman–Crippen LogP) is -1.25. The summed E-state index contributed by atoms with van der Waals surface area (Å²) in [6.45, 7) is 3.43.